The molecule has 0 amide bonds. The maximum Gasteiger partial charge on any atom is 0.0461 e. The summed E-state index contributed by atoms with van der Waals surface area (Å²) in [5, 5.41) is 6.91. The maximum absolute atomic E-state index is 3.58. The summed E-state index contributed by atoms with van der Waals surface area (Å²) < 4.78 is 0. The van der Waals surface area contributed by atoms with Gasteiger partial charge in [0.25, 0.3) is 0 Å². The van der Waals surface area contributed by atoms with Crippen LogP contribution < -0.4 is 10.6 Å². The van der Waals surface area contributed by atoms with Crippen molar-refractivity contribution in [2.45, 2.75) is 39.2 Å². The maximum atomic E-state index is 3.58. The average molecular weight is 190 g/mol. The molecule has 1 atom stereocenters. The molecule has 0 aromatic heterocycles. The van der Waals surface area contributed by atoms with E-state index in [0.29, 0.717) is 6.04 Å². The van der Waals surface area contributed by atoms with Gasteiger partial charge in [-0.15, -0.1) is 0 Å². The second kappa shape index (κ2) is 3.91. The number of fused-ring (bicyclic) bond motifs is 1. The van der Waals surface area contributed by atoms with E-state index in [2.05, 4.69) is 36.6 Å². The molecule has 1 unspecified atom stereocenters. The summed E-state index contributed by atoms with van der Waals surface area (Å²) in [6, 6.07) is 0.502. The van der Waals surface area contributed by atoms with E-state index in [-0.39, 0.29) is 0 Å². The second-order valence-electron chi connectivity index (χ2n) is 3.80. The number of nitrogens with one attached hydrogen (secondary N) is 2. The Hall–Kier alpha value is -1.18. The van der Waals surface area contributed by atoms with Crippen LogP contribution in [0.5, 0.6) is 0 Å². The van der Waals surface area contributed by atoms with E-state index in [1.807, 2.05) is 6.20 Å². The Kier molecular flexibility index (Phi) is 2.62. The zero-order valence-corrected chi connectivity index (χ0v) is 8.93. The molecule has 0 saturated heterocycles. The number of hydrogen-bond donors (Lipinski definition) is 2. The molecule has 0 spiro atoms. The van der Waals surface area contributed by atoms with Crippen LogP contribution in [0.3, 0.4) is 0 Å². The first kappa shape index (κ1) is 9.38. The van der Waals surface area contributed by atoms with Gasteiger partial charge in [0, 0.05) is 17.4 Å². The van der Waals surface area contributed by atoms with E-state index in [1.165, 1.54) is 17.0 Å². The fourth-order valence-electron chi connectivity index (χ4n) is 2.05. The molecule has 0 bridgehead atoms. The van der Waals surface area contributed by atoms with Crippen LogP contribution in [0.15, 0.2) is 35.3 Å². The average Bonchev–Trinajstić information content (AvgIpc) is 2.27. The Morgan fingerprint density at radius 1 is 1.43 bits per heavy atom. The first-order valence-electron chi connectivity index (χ1n) is 5.47. The lowest BCUT2D eigenvalue weighted by molar-refractivity contribution is 0.602. The Morgan fingerprint density at radius 3 is 3.00 bits per heavy atom. The van der Waals surface area contributed by atoms with Gasteiger partial charge in [0.05, 0.1) is 0 Å². The summed E-state index contributed by atoms with van der Waals surface area (Å²) in [5.41, 5.74) is 4.17. The van der Waals surface area contributed by atoms with Crippen LogP contribution in [-0.2, 0) is 0 Å². The van der Waals surface area contributed by atoms with Crippen molar-refractivity contribution in [3.63, 3.8) is 0 Å². The first-order valence-corrected chi connectivity index (χ1v) is 5.47. The molecule has 0 radical (unpaired) electrons. The third kappa shape index (κ3) is 1.57. The predicted molar refractivity (Wildman–Crippen MR) is 59.5 cm³/mol. The van der Waals surface area contributed by atoms with Crippen LogP contribution >= 0.6 is 0 Å². The fraction of sp³-hybridized carbons (Fsp3) is 0.500. The molecule has 14 heavy (non-hydrogen) atoms. The first-order chi connectivity index (χ1) is 6.85. The zero-order chi connectivity index (χ0) is 9.97. The van der Waals surface area contributed by atoms with Crippen molar-refractivity contribution in [1.29, 1.82) is 0 Å². The van der Waals surface area contributed by atoms with E-state index >= 15 is 0 Å². The van der Waals surface area contributed by atoms with Crippen LogP contribution in [0.1, 0.15) is 33.1 Å². The molecule has 76 valence electrons. The van der Waals surface area contributed by atoms with Gasteiger partial charge in [-0.25, -0.2) is 0 Å². The highest BCUT2D eigenvalue weighted by molar-refractivity contribution is 5.42. The van der Waals surface area contributed by atoms with E-state index in [0.717, 1.165) is 19.3 Å². The van der Waals surface area contributed by atoms with Gasteiger partial charge in [0.1, 0.15) is 0 Å². The van der Waals surface area contributed by atoms with Gasteiger partial charge in [-0.2, -0.15) is 0 Å². The highest BCUT2D eigenvalue weighted by Gasteiger charge is 2.19. The minimum Gasteiger partial charge on any atom is -0.382 e. The number of allylic oxidation sites excluding steroid dienone is 3. The lowest BCUT2D eigenvalue weighted by Crippen LogP contribution is -2.33. The van der Waals surface area contributed by atoms with E-state index in [9.17, 15) is 0 Å². The molecule has 2 aliphatic heterocycles. The van der Waals surface area contributed by atoms with E-state index < -0.39 is 0 Å². The van der Waals surface area contributed by atoms with Crippen molar-refractivity contribution < 1.29 is 0 Å². The van der Waals surface area contributed by atoms with Crippen LogP contribution in [0, 0.1) is 0 Å². The minimum atomic E-state index is 0.502. The summed E-state index contributed by atoms with van der Waals surface area (Å²) in [7, 11) is 0. The zero-order valence-electron chi connectivity index (χ0n) is 8.93. The fourth-order valence-corrected chi connectivity index (χ4v) is 2.05. The molecule has 0 saturated carbocycles. The van der Waals surface area contributed by atoms with Crippen LogP contribution in [0.4, 0.5) is 0 Å². The van der Waals surface area contributed by atoms with Crippen LogP contribution in [-0.4, -0.2) is 6.04 Å². The van der Waals surface area contributed by atoms with Crippen molar-refractivity contribution >= 4 is 0 Å². The smallest absolute Gasteiger partial charge is 0.0461 e. The topological polar surface area (TPSA) is 24.1 Å². The summed E-state index contributed by atoms with van der Waals surface area (Å²) >= 11 is 0. The molecule has 2 aliphatic rings. The Bertz CT molecular complexity index is 310. The Labute approximate surface area is 85.8 Å². The molecular formula is C12H18N2. The SMILES string of the molecule is CCC1=C2CC=CNC2=CC(CC)N1. The molecule has 2 heterocycles. The molecule has 0 aliphatic carbocycles. The third-order valence-electron chi connectivity index (χ3n) is 2.89. The molecule has 0 aromatic rings. The lowest BCUT2D eigenvalue weighted by atomic mass is 9.95. The van der Waals surface area contributed by atoms with Gasteiger partial charge in [0.15, 0.2) is 0 Å². The molecule has 0 fully saturated rings. The predicted octanol–water partition coefficient (Wildman–Crippen LogP) is 2.42. The Morgan fingerprint density at radius 2 is 2.29 bits per heavy atom. The lowest BCUT2D eigenvalue weighted by Gasteiger charge is -2.29. The van der Waals surface area contributed by atoms with Gasteiger partial charge >= 0.3 is 0 Å². The van der Waals surface area contributed by atoms with Gasteiger partial charge in [-0.3, -0.25) is 0 Å². The standard InChI is InChI=1S/C12H18N2/c1-3-9-8-12-10(6-5-7-13-12)11(4-2)14-9/h5,7-9,13-14H,3-4,6H2,1-2H3. The van der Waals surface area contributed by atoms with Crippen LogP contribution in [0.25, 0.3) is 0 Å². The number of hydrogen-bond acceptors (Lipinski definition) is 2. The molecule has 2 nitrogen and oxygen atoms in total. The van der Waals surface area contributed by atoms with Gasteiger partial charge in [-0.05, 0) is 37.1 Å². The normalized spacial score (nSPS) is 25.0. The third-order valence-corrected chi connectivity index (χ3v) is 2.89. The van der Waals surface area contributed by atoms with Crippen molar-refractivity contribution in [1.82, 2.24) is 10.6 Å². The molecule has 2 heteroatoms. The van der Waals surface area contributed by atoms with Gasteiger partial charge in [-0.1, -0.05) is 19.9 Å². The van der Waals surface area contributed by atoms with Crippen molar-refractivity contribution in [2.24, 2.45) is 0 Å². The Balaban J connectivity index is 2.31. The van der Waals surface area contributed by atoms with E-state index in [1.54, 1.807) is 0 Å². The van der Waals surface area contributed by atoms with Crippen molar-refractivity contribution in [3.05, 3.63) is 35.3 Å². The number of rotatable bonds is 2. The number of dihydropyridines is 1. The largest absolute Gasteiger partial charge is 0.382 e. The molecular weight excluding hydrogens is 172 g/mol. The minimum absolute atomic E-state index is 0.502. The summed E-state index contributed by atoms with van der Waals surface area (Å²) in [4.78, 5) is 0. The molecule has 0 aromatic carbocycles. The highest BCUT2D eigenvalue weighted by Crippen LogP contribution is 2.26. The van der Waals surface area contributed by atoms with E-state index in [4.69, 9.17) is 0 Å². The highest BCUT2D eigenvalue weighted by atomic mass is 15.0. The summed E-state index contributed by atoms with van der Waals surface area (Å²) in [6.45, 7) is 4.43. The van der Waals surface area contributed by atoms with Gasteiger partial charge < -0.3 is 10.6 Å². The van der Waals surface area contributed by atoms with Crippen molar-refractivity contribution in [2.75, 3.05) is 0 Å². The second-order valence-corrected chi connectivity index (χ2v) is 3.80. The van der Waals surface area contributed by atoms with Crippen molar-refractivity contribution in [3.8, 4) is 0 Å². The molecule has 2 N–H and O–H groups in total. The van der Waals surface area contributed by atoms with Gasteiger partial charge in [0.2, 0.25) is 0 Å². The monoisotopic (exact) mass is 190 g/mol. The molecule has 2 rings (SSSR count). The van der Waals surface area contributed by atoms with Crippen LogP contribution in [0.2, 0.25) is 0 Å². The quantitative estimate of drug-likeness (QED) is 0.698. The summed E-state index contributed by atoms with van der Waals surface area (Å²) in [5.74, 6) is 0. The summed E-state index contributed by atoms with van der Waals surface area (Å²) in [6.07, 6.45) is 9.82.